The highest BCUT2D eigenvalue weighted by atomic mass is 79.9. The van der Waals surface area contributed by atoms with Gasteiger partial charge in [-0.15, -0.1) is 0 Å². The summed E-state index contributed by atoms with van der Waals surface area (Å²) in [6.07, 6.45) is -4.65. The molecular formula is C15H9BrF3N3O. The highest BCUT2D eigenvalue weighted by Gasteiger charge is 2.35. The van der Waals surface area contributed by atoms with E-state index in [1.165, 1.54) is 30.3 Å². The fourth-order valence-corrected chi connectivity index (χ4v) is 2.37. The molecule has 0 saturated heterocycles. The third-order valence-corrected chi connectivity index (χ3v) is 3.53. The summed E-state index contributed by atoms with van der Waals surface area (Å²) in [5, 5.41) is 12.5. The minimum atomic E-state index is -4.65. The van der Waals surface area contributed by atoms with Crippen molar-refractivity contribution in [2.24, 2.45) is 0 Å². The minimum Gasteiger partial charge on any atom is -0.508 e. The van der Waals surface area contributed by atoms with Crippen molar-refractivity contribution in [2.45, 2.75) is 6.18 Å². The Morgan fingerprint density at radius 1 is 1.00 bits per heavy atom. The normalized spacial score (nSPS) is 11.7. The molecule has 0 spiro atoms. The number of hydrogen-bond donors (Lipinski definition) is 2. The van der Waals surface area contributed by atoms with Gasteiger partial charge in [0.15, 0.2) is 0 Å². The van der Waals surface area contributed by atoms with E-state index in [1.54, 1.807) is 12.1 Å². The number of benzene rings is 2. The van der Waals surface area contributed by atoms with Crippen LogP contribution >= 0.6 is 15.9 Å². The number of nitrogens with one attached hydrogen (secondary N) is 1. The number of halogens is 4. The zero-order valence-electron chi connectivity index (χ0n) is 11.4. The van der Waals surface area contributed by atoms with Gasteiger partial charge in [-0.1, -0.05) is 15.9 Å². The Labute approximate surface area is 137 Å². The average molecular weight is 384 g/mol. The molecule has 2 N–H and O–H groups in total. The van der Waals surface area contributed by atoms with E-state index < -0.39 is 12.0 Å². The van der Waals surface area contributed by atoms with Crippen LogP contribution in [0.25, 0.3) is 10.9 Å². The Bertz CT molecular complexity index is 866. The van der Waals surface area contributed by atoms with E-state index >= 15 is 0 Å². The molecule has 23 heavy (non-hydrogen) atoms. The van der Waals surface area contributed by atoms with E-state index in [2.05, 4.69) is 31.2 Å². The van der Waals surface area contributed by atoms with Crippen LogP contribution in [0.1, 0.15) is 5.82 Å². The number of hydrogen-bond acceptors (Lipinski definition) is 4. The summed E-state index contributed by atoms with van der Waals surface area (Å²) in [5.74, 6) is -1.12. The van der Waals surface area contributed by atoms with Gasteiger partial charge in [-0.25, -0.2) is 9.97 Å². The second kappa shape index (κ2) is 5.69. The van der Waals surface area contributed by atoms with E-state index in [0.29, 0.717) is 15.5 Å². The molecule has 0 saturated carbocycles. The maximum Gasteiger partial charge on any atom is 0.451 e. The molecule has 1 aromatic heterocycles. The summed E-state index contributed by atoms with van der Waals surface area (Å²) < 4.78 is 39.6. The van der Waals surface area contributed by atoms with E-state index in [1.807, 2.05) is 0 Å². The van der Waals surface area contributed by atoms with Gasteiger partial charge in [-0.05, 0) is 42.5 Å². The fourth-order valence-electron chi connectivity index (χ4n) is 2.00. The highest BCUT2D eigenvalue weighted by molar-refractivity contribution is 9.10. The summed E-state index contributed by atoms with van der Waals surface area (Å²) in [6.45, 7) is 0. The van der Waals surface area contributed by atoms with Crippen LogP contribution in [-0.2, 0) is 6.18 Å². The molecule has 0 amide bonds. The van der Waals surface area contributed by atoms with Crippen molar-refractivity contribution in [3.05, 3.63) is 52.8 Å². The number of fused-ring (bicyclic) bond motifs is 1. The van der Waals surface area contributed by atoms with Crippen LogP contribution < -0.4 is 5.32 Å². The summed E-state index contributed by atoms with van der Waals surface area (Å²) in [4.78, 5) is 7.17. The molecule has 0 radical (unpaired) electrons. The molecule has 4 nitrogen and oxygen atoms in total. The van der Waals surface area contributed by atoms with Crippen molar-refractivity contribution in [2.75, 3.05) is 5.32 Å². The van der Waals surface area contributed by atoms with Crippen molar-refractivity contribution in [1.82, 2.24) is 9.97 Å². The third-order valence-electron chi connectivity index (χ3n) is 3.04. The van der Waals surface area contributed by atoms with E-state index in [9.17, 15) is 18.3 Å². The lowest BCUT2D eigenvalue weighted by molar-refractivity contribution is -0.144. The topological polar surface area (TPSA) is 58.0 Å². The van der Waals surface area contributed by atoms with Crippen molar-refractivity contribution in [3.63, 3.8) is 0 Å². The van der Waals surface area contributed by atoms with Gasteiger partial charge in [-0.3, -0.25) is 0 Å². The van der Waals surface area contributed by atoms with Crippen LogP contribution in [0.15, 0.2) is 46.9 Å². The Kier molecular flexibility index (Phi) is 3.85. The van der Waals surface area contributed by atoms with Crippen molar-refractivity contribution in [3.8, 4) is 5.75 Å². The number of alkyl halides is 3. The first-order valence-electron chi connectivity index (χ1n) is 6.43. The molecule has 2 aromatic carbocycles. The predicted octanol–water partition coefficient (Wildman–Crippen LogP) is 4.86. The standard InChI is InChI=1S/C15H9BrF3N3O/c16-8-1-6-12-11(7-8)13(22-14(21-12)15(17,18)19)20-9-2-4-10(23)5-3-9/h1-7,23H,(H,20,21,22). The molecule has 0 aliphatic rings. The van der Waals surface area contributed by atoms with Gasteiger partial charge >= 0.3 is 6.18 Å². The molecule has 3 aromatic rings. The molecule has 0 unspecified atom stereocenters. The van der Waals surface area contributed by atoms with E-state index in [-0.39, 0.29) is 17.1 Å². The predicted molar refractivity (Wildman–Crippen MR) is 83.6 cm³/mol. The number of aromatic hydroxyl groups is 1. The zero-order chi connectivity index (χ0) is 16.6. The summed E-state index contributed by atoms with van der Waals surface area (Å²) in [6, 6.07) is 10.7. The molecule has 0 aliphatic carbocycles. The lowest BCUT2D eigenvalue weighted by Gasteiger charge is -2.12. The fraction of sp³-hybridized carbons (Fsp3) is 0.0667. The Morgan fingerprint density at radius 3 is 2.35 bits per heavy atom. The smallest absolute Gasteiger partial charge is 0.451 e. The number of phenols is 1. The van der Waals surface area contributed by atoms with Crippen LogP contribution in [0.3, 0.4) is 0 Å². The Hall–Kier alpha value is -2.35. The molecule has 0 aliphatic heterocycles. The zero-order valence-corrected chi connectivity index (χ0v) is 13.0. The van der Waals surface area contributed by atoms with E-state index in [0.717, 1.165) is 0 Å². The Balaban J connectivity index is 2.15. The molecule has 3 rings (SSSR count). The van der Waals surface area contributed by atoms with E-state index in [4.69, 9.17) is 0 Å². The quantitative estimate of drug-likeness (QED) is 0.620. The van der Waals surface area contributed by atoms with Crippen LogP contribution in [-0.4, -0.2) is 15.1 Å². The lowest BCUT2D eigenvalue weighted by Crippen LogP contribution is -2.12. The first kappa shape index (κ1) is 15.5. The number of aromatic nitrogens is 2. The summed E-state index contributed by atoms with van der Waals surface area (Å²) >= 11 is 3.28. The van der Waals surface area contributed by atoms with Gasteiger partial charge in [0.05, 0.1) is 5.52 Å². The van der Waals surface area contributed by atoms with Gasteiger partial charge in [-0.2, -0.15) is 13.2 Å². The number of phenolic OH excluding ortho intramolecular Hbond substituents is 1. The maximum absolute atomic E-state index is 13.0. The van der Waals surface area contributed by atoms with Gasteiger partial charge in [0.2, 0.25) is 5.82 Å². The van der Waals surface area contributed by atoms with Gasteiger partial charge in [0, 0.05) is 15.5 Å². The first-order chi connectivity index (χ1) is 10.8. The second-order valence-electron chi connectivity index (χ2n) is 4.73. The van der Waals surface area contributed by atoms with Crippen LogP contribution in [0.5, 0.6) is 5.75 Å². The van der Waals surface area contributed by atoms with Crippen molar-refractivity contribution < 1.29 is 18.3 Å². The molecule has 1 heterocycles. The lowest BCUT2D eigenvalue weighted by atomic mass is 10.2. The Morgan fingerprint density at radius 2 is 1.70 bits per heavy atom. The molecule has 118 valence electrons. The number of anilines is 2. The SMILES string of the molecule is Oc1ccc(Nc2nc(C(F)(F)F)nc3ccc(Br)cc23)cc1. The van der Waals surface area contributed by atoms with Crippen LogP contribution in [0, 0.1) is 0 Å². The monoisotopic (exact) mass is 383 g/mol. The molecule has 0 bridgehead atoms. The van der Waals surface area contributed by atoms with Crippen LogP contribution in [0.2, 0.25) is 0 Å². The molecule has 8 heteroatoms. The maximum atomic E-state index is 13.0. The number of nitrogens with zero attached hydrogens (tertiary/aromatic N) is 2. The first-order valence-corrected chi connectivity index (χ1v) is 7.23. The minimum absolute atomic E-state index is 0.0364. The molecule has 0 fully saturated rings. The van der Waals surface area contributed by atoms with Crippen molar-refractivity contribution in [1.29, 1.82) is 0 Å². The average Bonchev–Trinajstić information content (AvgIpc) is 2.49. The van der Waals surface area contributed by atoms with Gasteiger partial charge in [0.25, 0.3) is 0 Å². The third kappa shape index (κ3) is 3.37. The van der Waals surface area contributed by atoms with Gasteiger partial charge < -0.3 is 10.4 Å². The largest absolute Gasteiger partial charge is 0.508 e. The van der Waals surface area contributed by atoms with Gasteiger partial charge in [0.1, 0.15) is 11.6 Å². The van der Waals surface area contributed by atoms with Crippen LogP contribution in [0.4, 0.5) is 24.7 Å². The summed E-state index contributed by atoms with van der Waals surface area (Å²) in [7, 11) is 0. The number of rotatable bonds is 2. The molecule has 0 atom stereocenters. The second-order valence-corrected chi connectivity index (χ2v) is 5.64. The van der Waals surface area contributed by atoms with Crippen molar-refractivity contribution >= 4 is 38.3 Å². The molecular weight excluding hydrogens is 375 g/mol. The highest BCUT2D eigenvalue weighted by Crippen LogP contribution is 2.32. The summed E-state index contributed by atoms with van der Waals surface area (Å²) in [5.41, 5.74) is 0.674.